The van der Waals surface area contributed by atoms with Crippen molar-refractivity contribution >= 4 is 0 Å². The van der Waals surface area contributed by atoms with Crippen molar-refractivity contribution in [2.75, 3.05) is 0 Å². The van der Waals surface area contributed by atoms with Crippen molar-refractivity contribution in [1.29, 1.82) is 0 Å². The van der Waals surface area contributed by atoms with Crippen LogP contribution in [0.2, 0.25) is 0 Å². The van der Waals surface area contributed by atoms with Crippen LogP contribution in [0.25, 0.3) is 11.4 Å². The van der Waals surface area contributed by atoms with Gasteiger partial charge in [-0.1, -0.05) is 17.3 Å². The van der Waals surface area contributed by atoms with Crippen LogP contribution < -0.4 is 5.76 Å². The maximum atomic E-state index is 11.2. The molecule has 1 heterocycles. The molecule has 0 aliphatic heterocycles. The molecule has 2 rings (SSSR count). The van der Waals surface area contributed by atoms with Gasteiger partial charge in [-0.3, -0.25) is 14.6 Å². The van der Waals surface area contributed by atoms with Gasteiger partial charge in [-0.2, -0.15) is 0 Å². The summed E-state index contributed by atoms with van der Waals surface area (Å²) in [4.78, 5) is 12.9. The van der Waals surface area contributed by atoms with Gasteiger partial charge >= 0.3 is 5.76 Å². The number of para-hydroxylation sites is 1. The van der Waals surface area contributed by atoms with Gasteiger partial charge in [0.2, 0.25) is 0 Å². The zero-order chi connectivity index (χ0) is 9.26. The number of hydrogen-bond acceptors (Lipinski definition) is 3. The molecule has 5 heteroatoms. The lowest BCUT2D eigenvalue weighted by atomic mass is 10.2. The normalized spacial score (nSPS) is 10.2. The summed E-state index contributed by atoms with van der Waals surface area (Å²) in [5.41, 5.74) is 0.327. The molecular weight excluding hydrogens is 172 g/mol. The molecule has 1 aromatic carbocycles. The Hall–Kier alpha value is -2.04. The summed E-state index contributed by atoms with van der Waals surface area (Å²) in [7, 11) is 0. The van der Waals surface area contributed by atoms with Gasteiger partial charge in [-0.05, 0) is 12.1 Å². The van der Waals surface area contributed by atoms with Gasteiger partial charge in [-0.15, -0.1) is 0 Å². The highest BCUT2D eigenvalue weighted by Gasteiger charge is 2.08. The molecule has 5 nitrogen and oxygen atoms in total. The molecule has 0 saturated heterocycles. The molecule has 65 valence electrons. The van der Waals surface area contributed by atoms with Crippen LogP contribution in [0, 0.1) is 0 Å². The van der Waals surface area contributed by atoms with Crippen LogP contribution in [0.3, 0.4) is 0 Å². The van der Waals surface area contributed by atoms with Crippen molar-refractivity contribution in [2.45, 2.75) is 0 Å². The number of rotatable bonds is 1. The molecule has 0 amide bonds. The monoisotopic (exact) mass is 177 g/mol. The van der Waals surface area contributed by atoms with E-state index in [0.29, 0.717) is 5.56 Å². The minimum absolute atomic E-state index is 0.163. The Morgan fingerprint density at radius 2 is 2.08 bits per heavy atom. The molecule has 0 atom stereocenters. The van der Waals surface area contributed by atoms with Crippen LogP contribution in [0.1, 0.15) is 0 Å². The average Bonchev–Trinajstić information content (AvgIpc) is 2.53. The number of nitrogens with zero attached hydrogens (tertiary/aromatic N) is 1. The summed E-state index contributed by atoms with van der Waals surface area (Å²) in [6.45, 7) is 0. The van der Waals surface area contributed by atoms with Crippen LogP contribution in [-0.2, 0) is 5.11 Å². The Kier molecular flexibility index (Phi) is 1.63. The van der Waals surface area contributed by atoms with Crippen molar-refractivity contribution < 1.29 is 9.63 Å². The molecule has 0 bridgehead atoms. The van der Waals surface area contributed by atoms with Gasteiger partial charge in [0.15, 0.2) is 11.6 Å². The maximum absolute atomic E-state index is 11.2. The van der Waals surface area contributed by atoms with Gasteiger partial charge in [-0.25, -0.2) is 4.79 Å². The molecule has 0 spiro atoms. The first-order valence-electron chi connectivity index (χ1n) is 3.60. The van der Waals surface area contributed by atoms with Crippen LogP contribution in [0.4, 0.5) is 0 Å². The first-order valence-corrected chi connectivity index (χ1v) is 3.60. The Bertz CT molecular complexity index is 472. The minimum Gasteiger partial charge on any atom is -0.296 e. The molecule has 13 heavy (non-hydrogen) atoms. The SMILES string of the molecule is [O]c1ccccc1-c1noc(=O)[nH]1. The van der Waals surface area contributed by atoms with E-state index in [1.165, 1.54) is 6.07 Å². The van der Waals surface area contributed by atoms with Crippen LogP contribution in [0.15, 0.2) is 33.6 Å². The van der Waals surface area contributed by atoms with Gasteiger partial charge in [0.25, 0.3) is 0 Å². The topological polar surface area (TPSA) is 78.8 Å². The second kappa shape index (κ2) is 2.78. The van der Waals surface area contributed by atoms with Crippen molar-refractivity contribution in [3.8, 4) is 17.1 Å². The molecule has 2 aromatic rings. The highest BCUT2D eigenvalue weighted by molar-refractivity contribution is 5.62. The lowest BCUT2D eigenvalue weighted by molar-refractivity contribution is 0.355. The van der Waals surface area contributed by atoms with Gasteiger partial charge in [0.1, 0.15) is 0 Å². The smallest absolute Gasteiger partial charge is 0.296 e. The van der Waals surface area contributed by atoms with Crippen molar-refractivity contribution in [1.82, 2.24) is 10.1 Å². The third kappa shape index (κ3) is 1.31. The van der Waals surface area contributed by atoms with Gasteiger partial charge < -0.3 is 0 Å². The maximum Gasteiger partial charge on any atom is 0.439 e. The number of H-pyrrole nitrogens is 1. The highest BCUT2D eigenvalue weighted by atomic mass is 16.5. The van der Waals surface area contributed by atoms with Crippen LogP contribution in [-0.4, -0.2) is 10.1 Å². The predicted molar refractivity (Wildman–Crippen MR) is 42.7 cm³/mol. The van der Waals surface area contributed by atoms with E-state index in [1.807, 2.05) is 0 Å². The largest absolute Gasteiger partial charge is 0.439 e. The van der Waals surface area contributed by atoms with Gasteiger partial charge in [0.05, 0.1) is 5.56 Å². The highest BCUT2D eigenvalue weighted by Crippen LogP contribution is 2.24. The summed E-state index contributed by atoms with van der Waals surface area (Å²) in [5, 5.41) is 14.6. The van der Waals surface area contributed by atoms with Crippen molar-refractivity contribution in [3.63, 3.8) is 0 Å². The van der Waals surface area contributed by atoms with E-state index in [-0.39, 0.29) is 11.6 Å². The minimum atomic E-state index is -0.668. The number of nitrogens with one attached hydrogen (secondary N) is 1. The van der Waals surface area contributed by atoms with Crippen LogP contribution in [0.5, 0.6) is 5.75 Å². The van der Waals surface area contributed by atoms with E-state index in [0.717, 1.165) is 0 Å². The van der Waals surface area contributed by atoms with Gasteiger partial charge in [0, 0.05) is 0 Å². The second-order valence-corrected chi connectivity index (χ2v) is 2.44. The summed E-state index contributed by atoms with van der Waals surface area (Å²) in [6, 6.07) is 6.26. The summed E-state index contributed by atoms with van der Waals surface area (Å²) >= 11 is 0. The third-order valence-electron chi connectivity index (χ3n) is 1.58. The fraction of sp³-hybridized carbons (Fsp3) is 0. The molecule has 0 unspecified atom stereocenters. The number of aromatic amines is 1. The van der Waals surface area contributed by atoms with E-state index in [4.69, 9.17) is 0 Å². The standard InChI is InChI=1S/C8H5N2O3/c11-6-4-2-1-3-5(6)7-9-8(12)13-10-7/h1-4H,(H,9,10,12). The lowest BCUT2D eigenvalue weighted by Crippen LogP contribution is -1.94. The quantitative estimate of drug-likeness (QED) is 0.710. The summed E-state index contributed by atoms with van der Waals surface area (Å²) in [6.07, 6.45) is 0. The molecule has 0 fully saturated rings. The Morgan fingerprint density at radius 3 is 2.69 bits per heavy atom. The fourth-order valence-electron chi connectivity index (χ4n) is 1.01. The van der Waals surface area contributed by atoms with E-state index in [1.54, 1.807) is 18.2 Å². The zero-order valence-electron chi connectivity index (χ0n) is 6.48. The summed E-state index contributed by atoms with van der Waals surface area (Å²) < 4.78 is 4.27. The molecule has 1 N–H and O–H groups in total. The second-order valence-electron chi connectivity index (χ2n) is 2.44. The summed E-state index contributed by atoms with van der Waals surface area (Å²) in [5.74, 6) is -0.707. The Labute approximate surface area is 72.6 Å². The fourth-order valence-corrected chi connectivity index (χ4v) is 1.01. The molecule has 1 radical (unpaired) electrons. The van der Waals surface area contributed by atoms with E-state index >= 15 is 0 Å². The van der Waals surface area contributed by atoms with E-state index in [2.05, 4.69) is 14.7 Å². The van der Waals surface area contributed by atoms with E-state index < -0.39 is 5.76 Å². The van der Waals surface area contributed by atoms with E-state index in [9.17, 15) is 9.90 Å². The molecule has 0 aliphatic carbocycles. The zero-order valence-corrected chi connectivity index (χ0v) is 6.48. The molecule has 1 aromatic heterocycles. The number of benzene rings is 1. The Morgan fingerprint density at radius 1 is 1.31 bits per heavy atom. The molecular formula is C8H5N2O3. The van der Waals surface area contributed by atoms with Crippen LogP contribution >= 0.6 is 0 Å². The first kappa shape index (κ1) is 7.60. The first-order chi connectivity index (χ1) is 6.27. The van der Waals surface area contributed by atoms with Crippen molar-refractivity contribution in [2.24, 2.45) is 0 Å². The van der Waals surface area contributed by atoms with Crippen molar-refractivity contribution in [3.05, 3.63) is 34.8 Å². The Balaban J connectivity index is 2.58. The molecule has 0 aliphatic rings. The number of hydrogen-bond donors (Lipinski definition) is 1. The number of aromatic nitrogens is 2. The molecule has 0 saturated carbocycles. The third-order valence-corrected chi connectivity index (χ3v) is 1.58. The lowest BCUT2D eigenvalue weighted by Gasteiger charge is -1.93. The predicted octanol–water partition coefficient (Wildman–Crippen LogP) is 1.17. The average molecular weight is 177 g/mol.